The molecule has 186 valence electrons. The zero-order valence-corrected chi connectivity index (χ0v) is 20.6. The van der Waals surface area contributed by atoms with Crippen molar-refractivity contribution < 1.29 is 13.6 Å². The third-order valence-corrected chi connectivity index (χ3v) is 7.71. The van der Waals surface area contributed by atoms with E-state index in [4.69, 9.17) is 0 Å². The van der Waals surface area contributed by atoms with E-state index in [1.165, 1.54) is 4.88 Å². The van der Waals surface area contributed by atoms with Crippen molar-refractivity contribution in [3.8, 4) is 10.7 Å². The molecule has 2 aliphatic rings. The second-order valence-electron chi connectivity index (χ2n) is 9.11. The van der Waals surface area contributed by atoms with E-state index in [-0.39, 0.29) is 18.7 Å². The molecule has 0 bridgehead atoms. The Hall–Kier alpha value is -3.66. The van der Waals surface area contributed by atoms with E-state index in [9.17, 15) is 13.6 Å². The average molecular weight is 509 g/mol. The predicted molar refractivity (Wildman–Crippen MR) is 138 cm³/mol. The van der Waals surface area contributed by atoms with Crippen LogP contribution in [0.1, 0.15) is 35.8 Å². The van der Waals surface area contributed by atoms with Gasteiger partial charge in [0.2, 0.25) is 11.8 Å². The van der Waals surface area contributed by atoms with Crippen LogP contribution in [-0.4, -0.2) is 40.0 Å². The second-order valence-corrected chi connectivity index (χ2v) is 10.2. The number of rotatable bonds is 7. The Morgan fingerprint density at radius 1 is 1.28 bits per heavy atom. The molecule has 1 fully saturated rings. The molecule has 0 radical (unpaired) electrons. The quantitative estimate of drug-likeness (QED) is 0.328. The lowest BCUT2D eigenvalue weighted by Crippen LogP contribution is -2.47. The van der Waals surface area contributed by atoms with Gasteiger partial charge in [-0.3, -0.25) is 10.2 Å². The molecule has 1 aliphatic carbocycles. The summed E-state index contributed by atoms with van der Waals surface area (Å²) in [5, 5.41) is 6.93. The lowest BCUT2D eigenvalue weighted by Gasteiger charge is -2.38. The van der Waals surface area contributed by atoms with Crippen molar-refractivity contribution in [2.45, 2.75) is 38.7 Å². The van der Waals surface area contributed by atoms with Crippen molar-refractivity contribution in [3.05, 3.63) is 64.8 Å². The van der Waals surface area contributed by atoms with Crippen LogP contribution in [0.4, 0.5) is 20.3 Å². The highest BCUT2D eigenvalue weighted by molar-refractivity contribution is 7.15. The van der Waals surface area contributed by atoms with Gasteiger partial charge in [-0.1, -0.05) is 12.1 Å². The molecule has 0 unspecified atom stereocenters. The number of fused-ring (bicyclic) bond motifs is 1. The number of anilines is 2. The third kappa shape index (κ3) is 5.13. The standard InChI is InChI=1S/C26H26F2N6OS/c1-16(14-31-29-2)17-3-5-20(6-4-17)32-23-7-9-30-24(33-23)22-11-18-15-34(10-8-21(18)36-22)25(35)19-12-26(27,28)13-19/h3-7,9,11,14,19,31H,2,8,10,12-13,15H2,1H3,(H,30,32,33)/b16-14+. The van der Waals surface area contributed by atoms with Crippen LogP contribution in [0, 0.1) is 5.92 Å². The number of allylic oxidation sites excluding steroid dienone is 1. The summed E-state index contributed by atoms with van der Waals surface area (Å²) in [5.74, 6) is -2.13. The van der Waals surface area contributed by atoms with Crippen LogP contribution in [0.3, 0.4) is 0 Å². The molecular weight excluding hydrogens is 482 g/mol. The van der Waals surface area contributed by atoms with Gasteiger partial charge in [0.15, 0.2) is 5.82 Å². The number of carbonyl (C=O) groups is 1. The Balaban J connectivity index is 1.26. The maximum absolute atomic E-state index is 13.2. The molecule has 1 aromatic carbocycles. The SMILES string of the molecule is C=NN/C=C(\C)c1ccc(Nc2ccnc(-c3cc4c(s3)CCN(C(=O)C3CC(F)(F)C3)C4)n2)cc1. The highest BCUT2D eigenvalue weighted by Gasteiger charge is 2.50. The number of nitrogens with zero attached hydrogens (tertiary/aromatic N) is 4. The van der Waals surface area contributed by atoms with Crippen molar-refractivity contribution in [2.75, 3.05) is 11.9 Å². The van der Waals surface area contributed by atoms with Crippen molar-refractivity contribution >= 4 is 41.0 Å². The van der Waals surface area contributed by atoms with Gasteiger partial charge in [0, 0.05) is 61.5 Å². The zero-order chi connectivity index (χ0) is 25.3. The Kier molecular flexibility index (Phi) is 6.53. The largest absolute Gasteiger partial charge is 0.340 e. The first-order chi connectivity index (χ1) is 17.3. The lowest BCUT2D eigenvalue weighted by molar-refractivity contribution is -0.160. The average Bonchev–Trinajstić information content (AvgIpc) is 3.29. The van der Waals surface area contributed by atoms with Crippen LogP contribution in [0.25, 0.3) is 16.3 Å². The summed E-state index contributed by atoms with van der Waals surface area (Å²) in [6, 6.07) is 11.8. The number of hydrogen-bond donors (Lipinski definition) is 2. The van der Waals surface area contributed by atoms with Crippen LogP contribution in [0.15, 0.2) is 53.9 Å². The number of alkyl halides is 2. The van der Waals surface area contributed by atoms with Crippen LogP contribution < -0.4 is 10.7 Å². The molecule has 10 heteroatoms. The molecule has 0 atom stereocenters. The Labute approximate surface area is 212 Å². The minimum Gasteiger partial charge on any atom is -0.340 e. The summed E-state index contributed by atoms with van der Waals surface area (Å²) >= 11 is 1.62. The Morgan fingerprint density at radius 2 is 2.06 bits per heavy atom. The highest BCUT2D eigenvalue weighted by Crippen LogP contribution is 2.44. The molecule has 1 aliphatic heterocycles. The highest BCUT2D eigenvalue weighted by atomic mass is 32.1. The van der Waals surface area contributed by atoms with Gasteiger partial charge in [0.05, 0.1) is 4.88 Å². The molecule has 1 amide bonds. The van der Waals surface area contributed by atoms with Crippen LogP contribution in [0.2, 0.25) is 0 Å². The summed E-state index contributed by atoms with van der Waals surface area (Å²) in [6.07, 6.45) is 3.55. The minimum absolute atomic E-state index is 0.160. The Morgan fingerprint density at radius 3 is 2.78 bits per heavy atom. The number of thiophene rings is 1. The first-order valence-electron chi connectivity index (χ1n) is 11.7. The summed E-state index contributed by atoms with van der Waals surface area (Å²) in [6.45, 7) is 6.39. The van der Waals surface area contributed by atoms with Gasteiger partial charge < -0.3 is 10.2 Å². The van der Waals surface area contributed by atoms with Gasteiger partial charge in [0.1, 0.15) is 5.82 Å². The number of aromatic nitrogens is 2. The molecule has 0 saturated heterocycles. The van der Waals surface area contributed by atoms with E-state index in [2.05, 4.69) is 32.5 Å². The van der Waals surface area contributed by atoms with Gasteiger partial charge in [0.25, 0.3) is 0 Å². The topological polar surface area (TPSA) is 82.5 Å². The maximum Gasteiger partial charge on any atom is 0.249 e. The summed E-state index contributed by atoms with van der Waals surface area (Å²) < 4.78 is 26.4. The lowest BCUT2D eigenvalue weighted by atomic mass is 9.80. The van der Waals surface area contributed by atoms with Gasteiger partial charge >= 0.3 is 0 Å². The van der Waals surface area contributed by atoms with Crippen molar-refractivity contribution in [1.29, 1.82) is 0 Å². The maximum atomic E-state index is 13.2. The molecule has 5 rings (SSSR count). The van der Waals surface area contributed by atoms with E-state index >= 15 is 0 Å². The molecule has 36 heavy (non-hydrogen) atoms. The van der Waals surface area contributed by atoms with Crippen molar-refractivity contribution in [2.24, 2.45) is 11.0 Å². The zero-order valence-electron chi connectivity index (χ0n) is 19.8. The molecule has 3 aromatic rings. The van der Waals surface area contributed by atoms with E-state index in [0.29, 0.717) is 31.2 Å². The van der Waals surface area contributed by atoms with Crippen molar-refractivity contribution in [3.63, 3.8) is 0 Å². The van der Waals surface area contributed by atoms with Crippen LogP contribution >= 0.6 is 11.3 Å². The van der Waals surface area contributed by atoms with Gasteiger partial charge in [-0.05, 0) is 54.3 Å². The number of benzene rings is 1. The smallest absolute Gasteiger partial charge is 0.249 e. The van der Waals surface area contributed by atoms with Gasteiger partial charge in [-0.2, -0.15) is 5.10 Å². The van der Waals surface area contributed by atoms with Crippen LogP contribution in [-0.2, 0) is 17.8 Å². The monoisotopic (exact) mass is 508 g/mol. The third-order valence-electron chi connectivity index (χ3n) is 6.48. The van der Waals surface area contributed by atoms with Gasteiger partial charge in [-0.15, -0.1) is 11.3 Å². The first-order valence-corrected chi connectivity index (χ1v) is 12.5. The molecule has 0 spiro atoms. The fourth-order valence-corrected chi connectivity index (χ4v) is 5.57. The molecular formula is C26H26F2N6OS. The van der Waals surface area contributed by atoms with Gasteiger partial charge in [-0.25, -0.2) is 18.7 Å². The summed E-state index contributed by atoms with van der Waals surface area (Å²) in [5.41, 5.74) is 6.77. The number of halogens is 2. The Bertz CT molecular complexity index is 1310. The molecule has 2 aromatic heterocycles. The van der Waals surface area contributed by atoms with E-state index in [1.54, 1.807) is 28.6 Å². The molecule has 7 nitrogen and oxygen atoms in total. The fraction of sp³-hybridized carbons (Fsp3) is 0.308. The van der Waals surface area contributed by atoms with E-state index in [0.717, 1.165) is 27.3 Å². The van der Waals surface area contributed by atoms with E-state index < -0.39 is 11.8 Å². The number of carbonyl (C=O) groups excluding carboxylic acids is 1. The molecule has 1 saturated carbocycles. The van der Waals surface area contributed by atoms with Crippen LogP contribution in [0.5, 0.6) is 0 Å². The number of hydrazone groups is 1. The number of nitrogens with one attached hydrogen (secondary N) is 2. The number of hydrogen-bond acceptors (Lipinski definition) is 7. The van der Waals surface area contributed by atoms with E-state index in [1.807, 2.05) is 43.3 Å². The minimum atomic E-state index is -2.69. The second kappa shape index (κ2) is 9.77. The molecule has 3 heterocycles. The van der Waals surface area contributed by atoms with Crippen molar-refractivity contribution in [1.82, 2.24) is 20.3 Å². The summed E-state index contributed by atoms with van der Waals surface area (Å²) in [4.78, 5) is 25.6. The normalized spacial score (nSPS) is 17.2. The fourth-order valence-electron chi connectivity index (χ4n) is 4.46. The summed E-state index contributed by atoms with van der Waals surface area (Å²) in [7, 11) is 0. The predicted octanol–water partition coefficient (Wildman–Crippen LogP) is 5.44. The number of amides is 1. The first kappa shape index (κ1) is 24.1. The molecule has 2 N–H and O–H groups in total.